The van der Waals surface area contributed by atoms with Gasteiger partial charge in [0.15, 0.2) is 12.4 Å². The lowest BCUT2D eigenvalue weighted by Crippen LogP contribution is -2.22. The van der Waals surface area contributed by atoms with Crippen molar-refractivity contribution in [2.45, 2.75) is 18.7 Å². The molecule has 0 aliphatic rings. The van der Waals surface area contributed by atoms with Gasteiger partial charge in [0.1, 0.15) is 10.5 Å². The van der Waals surface area contributed by atoms with Crippen LogP contribution in [-0.2, 0) is 24.4 Å². The highest BCUT2D eigenvalue weighted by atomic mass is 32.2. The van der Waals surface area contributed by atoms with Crippen LogP contribution in [0.1, 0.15) is 31.8 Å². The third-order valence-corrected chi connectivity index (χ3v) is 6.24. The molecule has 0 unspecified atom stereocenters. The summed E-state index contributed by atoms with van der Waals surface area (Å²) in [6, 6.07) is 16.7. The fourth-order valence-corrected chi connectivity index (χ4v) is 4.39. The SMILES string of the molecule is COC(=O)c1ccccc1NC(=O)COC(=O)c1ccccc1OS(=O)(=O)c1cc(C)ccc1C. The lowest BCUT2D eigenvalue weighted by Gasteiger charge is -2.13. The minimum atomic E-state index is -4.24. The van der Waals surface area contributed by atoms with Gasteiger partial charge < -0.3 is 19.0 Å². The van der Waals surface area contributed by atoms with Gasteiger partial charge in [0.2, 0.25) is 0 Å². The van der Waals surface area contributed by atoms with E-state index in [0.717, 1.165) is 5.56 Å². The van der Waals surface area contributed by atoms with Crippen molar-refractivity contribution in [3.8, 4) is 5.75 Å². The Morgan fingerprint density at radius 3 is 2.23 bits per heavy atom. The molecule has 3 aromatic carbocycles. The largest absolute Gasteiger partial charge is 0.465 e. The van der Waals surface area contributed by atoms with Crippen molar-refractivity contribution in [2.75, 3.05) is 19.0 Å². The average molecular weight is 498 g/mol. The number of nitrogens with one attached hydrogen (secondary N) is 1. The predicted molar refractivity (Wildman–Crippen MR) is 127 cm³/mol. The van der Waals surface area contributed by atoms with Crippen LogP contribution in [0.25, 0.3) is 0 Å². The number of anilines is 1. The maximum Gasteiger partial charge on any atom is 0.342 e. The highest BCUT2D eigenvalue weighted by Crippen LogP contribution is 2.26. The van der Waals surface area contributed by atoms with E-state index in [4.69, 9.17) is 8.92 Å². The molecule has 0 fully saturated rings. The quantitative estimate of drug-likeness (QED) is 0.369. The summed E-state index contributed by atoms with van der Waals surface area (Å²) in [4.78, 5) is 36.8. The third-order valence-electron chi connectivity index (χ3n) is 4.86. The normalized spacial score (nSPS) is 10.8. The number of aryl methyl sites for hydroxylation is 2. The standard InChI is InChI=1S/C25H23NO8S/c1-16-12-13-17(2)22(14-16)35(30,31)34-21-11-7-5-9-19(21)25(29)33-15-23(27)26-20-10-6-4-8-18(20)24(28)32-3/h4-14H,15H2,1-3H3,(H,26,27). The first kappa shape index (κ1) is 25.4. The first-order valence-electron chi connectivity index (χ1n) is 10.4. The van der Waals surface area contributed by atoms with Crippen molar-refractivity contribution in [2.24, 2.45) is 0 Å². The molecule has 0 heterocycles. The monoisotopic (exact) mass is 497 g/mol. The number of hydrogen-bond donors (Lipinski definition) is 1. The number of amides is 1. The molecule has 182 valence electrons. The van der Waals surface area contributed by atoms with Crippen LogP contribution < -0.4 is 9.50 Å². The molecule has 1 N–H and O–H groups in total. The van der Waals surface area contributed by atoms with Crippen LogP contribution in [0.5, 0.6) is 5.75 Å². The molecule has 9 nitrogen and oxygen atoms in total. The first-order valence-corrected chi connectivity index (χ1v) is 11.8. The summed E-state index contributed by atoms with van der Waals surface area (Å²) in [5, 5.41) is 2.47. The Morgan fingerprint density at radius 1 is 0.857 bits per heavy atom. The van der Waals surface area contributed by atoms with Gasteiger partial charge in [0.05, 0.1) is 18.4 Å². The summed E-state index contributed by atoms with van der Waals surface area (Å²) < 4.78 is 40.7. The number of hydrogen-bond acceptors (Lipinski definition) is 8. The van der Waals surface area contributed by atoms with E-state index < -0.39 is 34.6 Å². The molecule has 0 spiro atoms. The van der Waals surface area contributed by atoms with E-state index in [9.17, 15) is 22.8 Å². The molecule has 1 amide bonds. The zero-order valence-electron chi connectivity index (χ0n) is 19.2. The van der Waals surface area contributed by atoms with Crippen LogP contribution in [0, 0.1) is 13.8 Å². The summed E-state index contributed by atoms with van der Waals surface area (Å²) in [5.41, 5.74) is 1.35. The van der Waals surface area contributed by atoms with Gasteiger partial charge in [-0.3, -0.25) is 4.79 Å². The Labute approximate surface area is 202 Å². The molecule has 0 atom stereocenters. The second kappa shape index (κ2) is 10.8. The van der Waals surface area contributed by atoms with Gasteiger partial charge >= 0.3 is 22.1 Å². The number of para-hydroxylation sites is 2. The molecule has 0 saturated heterocycles. The van der Waals surface area contributed by atoms with Gasteiger partial charge in [0.25, 0.3) is 5.91 Å². The van der Waals surface area contributed by atoms with Crippen LogP contribution in [0.15, 0.2) is 71.6 Å². The zero-order valence-corrected chi connectivity index (χ0v) is 20.0. The third kappa shape index (κ3) is 6.24. The van der Waals surface area contributed by atoms with Crippen molar-refractivity contribution < 1.29 is 36.5 Å². The number of rotatable bonds is 8. The fraction of sp³-hybridized carbons (Fsp3) is 0.160. The molecule has 0 aliphatic heterocycles. The van der Waals surface area contributed by atoms with E-state index in [-0.39, 0.29) is 27.5 Å². The van der Waals surface area contributed by atoms with Crippen LogP contribution in [-0.4, -0.2) is 40.0 Å². The molecular formula is C25H23NO8S. The Hall–Kier alpha value is -4.18. The number of esters is 2. The molecule has 3 rings (SSSR count). The topological polar surface area (TPSA) is 125 Å². The minimum absolute atomic E-state index is 0.0238. The van der Waals surface area contributed by atoms with Gasteiger partial charge in [0, 0.05) is 0 Å². The van der Waals surface area contributed by atoms with Crippen molar-refractivity contribution in [3.05, 3.63) is 89.0 Å². The molecular weight excluding hydrogens is 474 g/mol. The molecule has 10 heteroatoms. The molecule has 3 aromatic rings. The van der Waals surface area contributed by atoms with E-state index in [0.29, 0.717) is 5.56 Å². The number of carbonyl (C=O) groups is 3. The minimum Gasteiger partial charge on any atom is -0.465 e. The van der Waals surface area contributed by atoms with Gasteiger partial charge in [-0.15, -0.1) is 0 Å². The van der Waals surface area contributed by atoms with E-state index in [2.05, 4.69) is 10.1 Å². The smallest absolute Gasteiger partial charge is 0.342 e. The predicted octanol–water partition coefficient (Wildman–Crippen LogP) is 3.65. The molecule has 0 radical (unpaired) electrons. The van der Waals surface area contributed by atoms with E-state index in [1.54, 1.807) is 38.1 Å². The summed E-state index contributed by atoms with van der Waals surface area (Å²) in [6.45, 7) is 2.69. The Morgan fingerprint density at radius 2 is 1.51 bits per heavy atom. The van der Waals surface area contributed by atoms with Gasteiger partial charge in [-0.2, -0.15) is 8.42 Å². The van der Waals surface area contributed by atoms with E-state index >= 15 is 0 Å². The Bertz CT molecular complexity index is 1380. The summed E-state index contributed by atoms with van der Waals surface area (Å²) in [7, 11) is -3.03. The molecule has 35 heavy (non-hydrogen) atoms. The van der Waals surface area contributed by atoms with Crippen molar-refractivity contribution in [1.29, 1.82) is 0 Å². The van der Waals surface area contributed by atoms with Crippen LogP contribution in [0.4, 0.5) is 5.69 Å². The first-order chi connectivity index (χ1) is 16.6. The van der Waals surface area contributed by atoms with E-state index in [1.807, 2.05) is 0 Å². The summed E-state index contributed by atoms with van der Waals surface area (Å²) >= 11 is 0. The molecule has 0 aliphatic carbocycles. The lowest BCUT2D eigenvalue weighted by atomic mass is 10.2. The van der Waals surface area contributed by atoms with Gasteiger partial charge in [-0.1, -0.05) is 36.4 Å². The lowest BCUT2D eigenvalue weighted by molar-refractivity contribution is -0.119. The van der Waals surface area contributed by atoms with Gasteiger partial charge in [-0.25, -0.2) is 9.59 Å². The molecule has 0 bridgehead atoms. The summed E-state index contributed by atoms with van der Waals surface area (Å²) in [6.07, 6.45) is 0. The van der Waals surface area contributed by atoms with E-state index in [1.165, 1.54) is 49.6 Å². The summed E-state index contributed by atoms with van der Waals surface area (Å²) in [5.74, 6) is -2.56. The van der Waals surface area contributed by atoms with Crippen molar-refractivity contribution in [3.63, 3.8) is 0 Å². The maximum atomic E-state index is 12.9. The van der Waals surface area contributed by atoms with Crippen molar-refractivity contribution in [1.82, 2.24) is 0 Å². The number of carbonyl (C=O) groups excluding carboxylic acids is 3. The number of ether oxygens (including phenoxy) is 2. The van der Waals surface area contributed by atoms with Crippen LogP contribution in [0.2, 0.25) is 0 Å². The Kier molecular flexibility index (Phi) is 7.87. The fourth-order valence-electron chi connectivity index (χ4n) is 3.12. The van der Waals surface area contributed by atoms with Crippen LogP contribution in [0.3, 0.4) is 0 Å². The average Bonchev–Trinajstić information content (AvgIpc) is 2.84. The number of benzene rings is 3. The number of methoxy groups -OCH3 is 1. The van der Waals surface area contributed by atoms with Crippen molar-refractivity contribution >= 4 is 33.7 Å². The zero-order chi connectivity index (χ0) is 25.6. The molecule has 0 aromatic heterocycles. The Balaban J connectivity index is 1.72. The maximum absolute atomic E-state index is 12.9. The molecule has 0 saturated carbocycles. The highest BCUT2D eigenvalue weighted by molar-refractivity contribution is 7.87. The highest BCUT2D eigenvalue weighted by Gasteiger charge is 2.24. The second-order valence-corrected chi connectivity index (χ2v) is 8.98. The second-order valence-electron chi connectivity index (χ2n) is 7.46. The van der Waals surface area contributed by atoms with Gasteiger partial charge in [-0.05, 0) is 55.3 Å². The van der Waals surface area contributed by atoms with Crippen LogP contribution >= 0.6 is 0 Å².